The molecule has 4 bridgehead atoms. The van der Waals surface area contributed by atoms with Gasteiger partial charge in [0.05, 0.1) is 38.6 Å². The van der Waals surface area contributed by atoms with E-state index >= 15 is 0 Å². The van der Waals surface area contributed by atoms with E-state index in [2.05, 4.69) is 0 Å². The Morgan fingerprint density at radius 1 is 0.594 bits per heavy atom. The van der Waals surface area contributed by atoms with Crippen molar-refractivity contribution in [1.29, 1.82) is 0 Å². The van der Waals surface area contributed by atoms with Crippen molar-refractivity contribution < 1.29 is 18.9 Å². The molecule has 4 heteroatoms. The highest BCUT2D eigenvalue weighted by Gasteiger charge is 2.61. The first-order valence-electron chi connectivity index (χ1n) is 14.1. The first kappa shape index (κ1) is 21.1. The third-order valence-corrected chi connectivity index (χ3v) is 11.1. The van der Waals surface area contributed by atoms with Gasteiger partial charge in [-0.15, -0.1) is 0 Å². The van der Waals surface area contributed by atoms with Gasteiger partial charge in [0.1, 0.15) is 12.2 Å². The summed E-state index contributed by atoms with van der Waals surface area (Å²) < 4.78 is 23.1. The van der Waals surface area contributed by atoms with Gasteiger partial charge in [0.25, 0.3) is 0 Å². The summed E-state index contributed by atoms with van der Waals surface area (Å²) in [6.07, 6.45) is 22.2. The minimum absolute atomic E-state index is 0.415. The van der Waals surface area contributed by atoms with Crippen LogP contribution in [-0.4, -0.2) is 50.8 Å². The number of rotatable bonds is 8. The molecule has 2 heterocycles. The molecule has 0 aromatic carbocycles. The van der Waals surface area contributed by atoms with E-state index in [0.29, 0.717) is 35.2 Å². The summed E-state index contributed by atoms with van der Waals surface area (Å²) in [5.74, 6) is 4.03. The molecule has 0 N–H and O–H groups in total. The zero-order valence-electron chi connectivity index (χ0n) is 20.0. The molecule has 8 fully saturated rings. The second-order valence-corrected chi connectivity index (χ2v) is 13.2. The lowest BCUT2D eigenvalue weighted by molar-refractivity contribution is -0.174. The molecule has 2 unspecified atom stereocenters. The molecule has 2 atom stereocenters. The molecule has 0 aromatic rings. The molecule has 8 rings (SSSR count). The predicted molar refractivity (Wildman–Crippen MR) is 122 cm³/mol. The Morgan fingerprint density at radius 3 is 1.38 bits per heavy atom. The van der Waals surface area contributed by atoms with Crippen LogP contribution < -0.4 is 0 Å². The Hall–Kier alpha value is -0.160. The van der Waals surface area contributed by atoms with Crippen molar-refractivity contribution in [2.45, 2.75) is 114 Å². The number of hydrogen-bond donors (Lipinski definition) is 0. The van der Waals surface area contributed by atoms with Crippen LogP contribution in [0, 0.1) is 34.5 Å². The normalized spacial score (nSPS) is 54.0. The van der Waals surface area contributed by atoms with Crippen molar-refractivity contribution >= 4 is 0 Å². The average Bonchev–Trinajstić information content (AvgIpc) is 3.71. The third kappa shape index (κ3) is 4.10. The minimum Gasteiger partial charge on any atom is -0.375 e. The van der Waals surface area contributed by atoms with E-state index in [0.717, 1.165) is 50.1 Å². The Morgan fingerprint density at radius 2 is 1.00 bits per heavy atom. The summed E-state index contributed by atoms with van der Waals surface area (Å²) >= 11 is 0. The molecule has 8 aliphatic rings. The monoisotopic (exact) mass is 444 g/mol. The molecule has 0 aromatic heterocycles. The molecule has 2 aliphatic heterocycles. The van der Waals surface area contributed by atoms with Gasteiger partial charge in [-0.25, -0.2) is 0 Å². The first-order valence-corrected chi connectivity index (χ1v) is 14.1. The Balaban J connectivity index is 0.993. The summed E-state index contributed by atoms with van der Waals surface area (Å²) in [5, 5.41) is 0. The average molecular weight is 445 g/mol. The largest absolute Gasteiger partial charge is 0.375 e. The van der Waals surface area contributed by atoms with E-state index in [1.54, 1.807) is 38.5 Å². The fourth-order valence-electron chi connectivity index (χ4n) is 9.86. The fraction of sp³-hybridized carbons (Fsp3) is 1.00. The molecule has 0 amide bonds. The maximum absolute atomic E-state index is 6.19. The predicted octanol–water partition coefficient (Wildman–Crippen LogP) is 5.52. The van der Waals surface area contributed by atoms with Crippen LogP contribution in [0.2, 0.25) is 0 Å². The first-order chi connectivity index (χ1) is 15.7. The van der Waals surface area contributed by atoms with Gasteiger partial charge in [0.15, 0.2) is 0 Å². The van der Waals surface area contributed by atoms with Crippen LogP contribution in [0.5, 0.6) is 0 Å². The number of epoxide rings is 2. The Bertz CT molecular complexity index is 601. The van der Waals surface area contributed by atoms with Crippen LogP contribution in [0.25, 0.3) is 0 Å². The lowest BCUT2D eigenvalue weighted by atomic mass is 9.38. The Kier molecular flexibility index (Phi) is 5.43. The summed E-state index contributed by atoms with van der Waals surface area (Å²) in [7, 11) is 0. The highest BCUT2D eigenvalue weighted by atomic mass is 16.6. The highest BCUT2D eigenvalue weighted by molar-refractivity contribution is 5.12. The maximum atomic E-state index is 6.19. The zero-order chi connectivity index (χ0) is 21.2. The van der Waals surface area contributed by atoms with Crippen LogP contribution in [0.3, 0.4) is 0 Å². The van der Waals surface area contributed by atoms with Crippen molar-refractivity contribution in [3.8, 4) is 0 Å². The van der Waals surface area contributed by atoms with Gasteiger partial charge in [0, 0.05) is 0 Å². The molecular weight excluding hydrogens is 400 g/mol. The maximum Gasteiger partial charge on any atom is 0.104 e. The highest BCUT2D eigenvalue weighted by Crippen LogP contribution is 2.71. The van der Waals surface area contributed by atoms with E-state index in [9.17, 15) is 0 Å². The van der Waals surface area contributed by atoms with Crippen LogP contribution in [0.1, 0.15) is 89.9 Å². The van der Waals surface area contributed by atoms with Crippen LogP contribution >= 0.6 is 0 Å². The van der Waals surface area contributed by atoms with Gasteiger partial charge in [-0.05, 0) is 124 Å². The topological polar surface area (TPSA) is 43.5 Å². The van der Waals surface area contributed by atoms with Crippen LogP contribution in [-0.2, 0) is 18.9 Å². The lowest BCUT2D eigenvalue weighted by Crippen LogP contribution is -2.57. The second-order valence-electron chi connectivity index (χ2n) is 13.2. The molecule has 6 aliphatic carbocycles. The van der Waals surface area contributed by atoms with Crippen molar-refractivity contribution in [2.24, 2.45) is 34.5 Å². The smallest absolute Gasteiger partial charge is 0.104 e. The van der Waals surface area contributed by atoms with Gasteiger partial charge in [0.2, 0.25) is 0 Å². The molecule has 6 saturated carbocycles. The van der Waals surface area contributed by atoms with Crippen molar-refractivity contribution in [3.05, 3.63) is 0 Å². The van der Waals surface area contributed by atoms with E-state index in [1.807, 2.05) is 0 Å². The molecule has 32 heavy (non-hydrogen) atoms. The van der Waals surface area contributed by atoms with Crippen LogP contribution in [0.15, 0.2) is 0 Å². The van der Waals surface area contributed by atoms with E-state index in [1.165, 1.54) is 51.4 Å². The van der Waals surface area contributed by atoms with Gasteiger partial charge in [-0.2, -0.15) is 0 Å². The molecular formula is C28H44O4. The second kappa shape index (κ2) is 8.21. The third-order valence-electron chi connectivity index (χ3n) is 11.1. The van der Waals surface area contributed by atoms with Gasteiger partial charge in [-0.3, -0.25) is 0 Å². The molecule has 4 nitrogen and oxygen atoms in total. The number of ether oxygens (including phenoxy) is 4. The quantitative estimate of drug-likeness (QED) is 0.462. The van der Waals surface area contributed by atoms with Gasteiger partial charge in [-0.1, -0.05) is 0 Å². The summed E-state index contributed by atoms with van der Waals surface area (Å²) in [6, 6.07) is 0. The van der Waals surface area contributed by atoms with E-state index in [4.69, 9.17) is 18.9 Å². The molecule has 2 saturated heterocycles. The van der Waals surface area contributed by atoms with Gasteiger partial charge >= 0.3 is 0 Å². The Labute approximate surface area is 194 Å². The van der Waals surface area contributed by atoms with Crippen molar-refractivity contribution in [3.63, 3.8) is 0 Å². The molecule has 180 valence electrons. The number of hydrogen-bond acceptors (Lipinski definition) is 4. The molecule has 0 radical (unpaired) electrons. The standard InChI is InChI=1S/C28H44O4/c1-5-23(29-14-25-16-31-25)6-2-21(1)27-10-19-9-20(11-27)13-28(12-19,18-27)22-3-7-24(8-4-22)30-15-26-17-32-26/h19-26H,1-18H2. The van der Waals surface area contributed by atoms with E-state index < -0.39 is 0 Å². The van der Waals surface area contributed by atoms with Gasteiger partial charge < -0.3 is 18.9 Å². The van der Waals surface area contributed by atoms with Crippen molar-refractivity contribution in [1.82, 2.24) is 0 Å². The molecule has 0 spiro atoms. The van der Waals surface area contributed by atoms with Crippen LogP contribution in [0.4, 0.5) is 0 Å². The zero-order valence-corrected chi connectivity index (χ0v) is 20.0. The fourth-order valence-corrected chi connectivity index (χ4v) is 9.86. The summed E-state index contributed by atoms with van der Waals surface area (Å²) in [4.78, 5) is 0. The van der Waals surface area contributed by atoms with E-state index in [-0.39, 0.29) is 0 Å². The minimum atomic E-state index is 0.415. The summed E-state index contributed by atoms with van der Waals surface area (Å²) in [5.41, 5.74) is 1.37. The summed E-state index contributed by atoms with van der Waals surface area (Å²) in [6.45, 7) is 3.53. The lowest BCUT2D eigenvalue weighted by Gasteiger charge is -2.67. The van der Waals surface area contributed by atoms with Crippen molar-refractivity contribution in [2.75, 3.05) is 26.4 Å². The SMILES string of the molecule is C1C2CC3(C4CCC(OCC5CO5)CC4)CC1CC(C1CCC(OCC4CO4)CC1)(C2)C3.